The summed E-state index contributed by atoms with van der Waals surface area (Å²) in [4.78, 5) is 4.48. The third-order valence-corrected chi connectivity index (χ3v) is 3.06. The molecule has 96 valence electrons. The Bertz CT molecular complexity index is 582. The van der Waals surface area contributed by atoms with E-state index >= 15 is 0 Å². The average molecular weight is 267 g/mol. The van der Waals surface area contributed by atoms with Crippen molar-refractivity contribution in [2.45, 2.75) is 20.3 Å². The van der Waals surface area contributed by atoms with Crippen LogP contribution in [0.3, 0.4) is 0 Å². The molecule has 0 aliphatic carbocycles. The first-order valence-corrected chi connectivity index (χ1v) is 6.35. The average Bonchev–Trinajstić information content (AvgIpc) is 2.25. The summed E-state index contributed by atoms with van der Waals surface area (Å²) in [6, 6.07) is 4.71. The van der Waals surface area contributed by atoms with Crippen LogP contribution in [0.2, 0.25) is 5.02 Å². The number of benzene rings is 1. The van der Waals surface area contributed by atoms with Gasteiger partial charge in [-0.1, -0.05) is 25.4 Å². The molecule has 0 aliphatic heterocycles. The predicted octanol–water partition coefficient (Wildman–Crippen LogP) is 4.27. The summed E-state index contributed by atoms with van der Waals surface area (Å²) in [5.41, 5.74) is 2.44. The normalized spacial score (nSPS) is 11.2. The number of aromatic nitrogens is 1. The number of hydrogen-bond donors (Lipinski definition) is 1. The lowest BCUT2D eigenvalue weighted by Gasteiger charge is -2.12. The molecule has 18 heavy (non-hydrogen) atoms. The first-order chi connectivity index (χ1) is 8.51. The summed E-state index contributed by atoms with van der Waals surface area (Å²) >= 11 is 6.08. The monoisotopic (exact) mass is 266 g/mol. The Morgan fingerprint density at radius 3 is 2.67 bits per heavy atom. The number of fused-ring (bicyclic) bond motifs is 1. The van der Waals surface area contributed by atoms with Gasteiger partial charge in [0, 0.05) is 29.9 Å². The molecule has 0 atom stereocenters. The maximum absolute atomic E-state index is 13.4. The second kappa shape index (κ2) is 5.11. The SMILES string of the molecule is CNc1cc(CC(C)C)nc2cc(F)cc(Cl)c12. The third-order valence-electron chi connectivity index (χ3n) is 2.77. The molecule has 1 aromatic heterocycles. The van der Waals surface area contributed by atoms with Crippen LogP contribution in [-0.2, 0) is 6.42 Å². The molecular weight excluding hydrogens is 251 g/mol. The van der Waals surface area contributed by atoms with Crippen LogP contribution in [0, 0.1) is 11.7 Å². The van der Waals surface area contributed by atoms with Gasteiger partial charge in [-0.3, -0.25) is 4.98 Å². The van der Waals surface area contributed by atoms with Gasteiger partial charge in [0.05, 0.1) is 10.5 Å². The van der Waals surface area contributed by atoms with Crippen LogP contribution < -0.4 is 5.32 Å². The van der Waals surface area contributed by atoms with Gasteiger partial charge in [0.1, 0.15) is 5.82 Å². The second-order valence-corrected chi connectivity index (χ2v) is 5.20. The van der Waals surface area contributed by atoms with Crippen LogP contribution in [0.5, 0.6) is 0 Å². The molecule has 0 radical (unpaired) electrons. The van der Waals surface area contributed by atoms with Crippen molar-refractivity contribution in [2.24, 2.45) is 5.92 Å². The zero-order valence-corrected chi connectivity index (χ0v) is 11.5. The van der Waals surface area contributed by atoms with E-state index in [0.717, 1.165) is 23.2 Å². The predicted molar refractivity (Wildman–Crippen MR) is 74.8 cm³/mol. The summed E-state index contributed by atoms with van der Waals surface area (Å²) in [7, 11) is 1.83. The topological polar surface area (TPSA) is 24.9 Å². The minimum atomic E-state index is -0.358. The Kier molecular flexibility index (Phi) is 3.71. The molecule has 2 nitrogen and oxygen atoms in total. The summed E-state index contributed by atoms with van der Waals surface area (Å²) in [5, 5.41) is 4.26. The number of pyridine rings is 1. The second-order valence-electron chi connectivity index (χ2n) is 4.79. The zero-order chi connectivity index (χ0) is 13.3. The van der Waals surface area contributed by atoms with E-state index in [1.165, 1.54) is 12.1 Å². The van der Waals surface area contributed by atoms with Crippen LogP contribution >= 0.6 is 11.6 Å². The largest absolute Gasteiger partial charge is 0.387 e. The van der Waals surface area contributed by atoms with Gasteiger partial charge in [-0.05, 0) is 24.5 Å². The molecule has 1 aromatic carbocycles. The number of hydrogen-bond acceptors (Lipinski definition) is 2. The molecule has 1 N–H and O–H groups in total. The Hall–Kier alpha value is -1.35. The molecule has 2 aromatic rings. The number of nitrogens with one attached hydrogen (secondary N) is 1. The Morgan fingerprint density at radius 1 is 1.33 bits per heavy atom. The van der Waals surface area contributed by atoms with Crippen molar-refractivity contribution in [3.05, 3.63) is 34.7 Å². The van der Waals surface area contributed by atoms with Crippen molar-refractivity contribution in [2.75, 3.05) is 12.4 Å². The fourth-order valence-corrected chi connectivity index (χ4v) is 2.36. The summed E-state index contributed by atoms with van der Waals surface area (Å²) in [6.07, 6.45) is 0.860. The van der Waals surface area contributed by atoms with Crippen LogP contribution in [0.15, 0.2) is 18.2 Å². The fourth-order valence-electron chi connectivity index (χ4n) is 2.06. The van der Waals surface area contributed by atoms with Gasteiger partial charge in [-0.25, -0.2) is 4.39 Å². The molecule has 0 spiro atoms. The minimum absolute atomic E-state index is 0.358. The van der Waals surface area contributed by atoms with E-state index < -0.39 is 0 Å². The van der Waals surface area contributed by atoms with Crippen molar-refractivity contribution in [3.8, 4) is 0 Å². The van der Waals surface area contributed by atoms with Gasteiger partial charge in [0.15, 0.2) is 0 Å². The first-order valence-electron chi connectivity index (χ1n) is 5.97. The highest BCUT2D eigenvalue weighted by molar-refractivity contribution is 6.36. The molecule has 1 heterocycles. The van der Waals surface area contributed by atoms with E-state index in [4.69, 9.17) is 11.6 Å². The maximum atomic E-state index is 13.4. The van der Waals surface area contributed by atoms with Gasteiger partial charge in [-0.2, -0.15) is 0 Å². The lowest BCUT2D eigenvalue weighted by Crippen LogP contribution is -2.01. The van der Waals surface area contributed by atoms with Crippen molar-refractivity contribution >= 4 is 28.2 Å². The molecule has 0 saturated carbocycles. The van der Waals surface area contributed by atoms with Gasteiger partial charge in [0.2, 0.25) is 0 Å². The summed E-state index contributed by atoms with van der Waals surface area (Å²) in [5.74, 6) is 0.146. The number of rotatable bonds is 3. The standard InChI is InChI=1S/C14H16ClFN2/c1-8(2)4-10-7-12(17-3)14-11(15)5-9(16)6-13(14)18-10/h5-8H,4H2,1-3H3,(H,17,18). The van der Waals surface area contributed by atoms with Crippen molar-refractivity contribution < 1.29 is 4.39 Å². The Labute approximate surface area is 111 Å². The van der Waals surface area contributed by atoms with E-state index in [0.29, 0.717) is 16.5 Å². The van der Waals surface area contributed by atoms with Crippen molar-refractivity contribution in [3.63, 3.8) is 0 Å². The van der Waals surface area contributed by atoms with E-state index in [-0.39, 0.29) is 5.82 Å². The van der Waals surface area contributed by atoms with E-state index in [2.05, 4.69) is 24.1 Å². The fraction of sp³-hybridized carbons (Fsp3) is 0.357. The molecule has 2 rings (SSSR count). The van der Waals surface area contributed by atoms with E-state index in [9.17, 15) is 4.39 Å². The minimum Gasteiger partial charge on any atom is -0.387 e. The molecule has 4 heteroatoms. The van der Waals surface area contributed by atoms with Gasteiger partial charge >= 0.3 is 0 Å². The number of halogens is 2. The summed E-state index contributed by atoms with van der Waals surface area (Å²) < 4.78 is 13.4. The molecule has 0 unspecified atom stereocenters. The molecule has 0 bridgehead atoms. The van der Waals surface area contributed by atoms with Crippen LogP contribution in [0.4, 0.5) is 10.1 Å². The van der Waals surface area contributed by atoms with Crippen LogP contribution in [0.1, 0.15) is 19.5 Å². The molecular formula is C14H16ClFN2. The van der Waals surface area contributed by atoms with Crippen molar-refractivity contribution in [1.29, 1.82) is 0 Å². The quantitative estimate of drug-likeness (QED) is 0.897. The maximum Gasteiger partial charge on any atom is 0.126 e. The van der Waals surface area contributed by atoms with Crippen molar-refractivity contribution in [1.82, 2.24) is 4.98 Å². The van der Waals surface area contributed by atoms with Gasteiger partial charge in [-0.15, -0.1) is 0 Å². The highest BCUT2D eigenvalue weighted by Gasteiger charge is 2.11. The molecule has 0 amide bonds. The van der Waals surface area contributed by atoms with Gasteiger partial charge < -0.3 is 5.32 Å². The molecule has 0 saturated heterocycles. The lowest BCUT2D eigenvalue weighted by atomic mass is 10.1. The Morgan fingerprint density at radius 2 is 2.06 bits per heavy atom. The molecule has 0 fully saturated rings. The molecule has 0 aliphatic rings. The smallest absolute Gasteiger partial charge is 0.126 e. The lowest BCUT2D eigenvalue weighted by molar-refractivity contribution is 0.628. The van der Waals surface area contributed by atoms with E-state index in [1.54, 1.807) is 0 Å². The number of anilines is 1. The third kappa shape index (κ3) is 2.56. The first kappa shape index (κ1) is 13.1. The zero-order valence-electron chi connectivity index (χ0n) is 10.7. The van der Waals surface area contributed by atoms with E-state index in [1.807, 2.05) is 13.1 Å². The van der Waals surface area contributed by atoms with Crippen LogP contribution in [0.25, 0.3) is 10.9 Å². The highest BCUT2D eigenvalue weighted by atomic mass is 35.5. The summed E-state index contributed by atoms with van der Waals surface area (Å²) in [6.45, 7) is 4.26. The highest BCUT2D eigenvalue weighted by Crippen LogP contribution is 2.31. The van der Waals surface area contributed by atoms with Gasteiger partial charge in [0.25, 0.3) is 0 Å². The van der Waals surface area contributed by atoms with Crippen LogP contribution in [-0.4, -0.2) is 12.0 Å². The Balaban J connectivity index is 2.67. The number of nitrogens with zero attached hydrogens (tertiary/aromatic N) is 1.